The minimum atomic E-state index is -0.264. The molecular formula is C15H15N3O2S. The number of carbonyl (C=O) groups excluding carboxylic acids is 2. The van der Waals surface area contributed by atoms with Crippen molar-refractivity contribution in [2.24, 2.45) is 0 Å². The summed E-state index contributed by atoms with van der Waals surface area (Å²) in [6.07, 6.45) is 1.56. The zero-order chi connectivity index (χ0) is 15.1. The van der Waals surface area contributed by atoms with Crippen molar-refractivity contribution < 1.29 is 9.59 Å². The third kappa shape index (κ3) is 4.32. The summed E-state index contributed by atoms with van der Waals surface area (Å²) in [6.45, 7) is 0.662. The van der Waals surface area contributed by atoms with Gasteiger partial charge in [-0.2, -0.15) is 0 Å². The third-order valence-corrected chi connectivity index (χ3v) is 3.13. The lowest BCUT2D eigenvalue weighted by molar-refractivity contribution is 0.0924. The highest BCUT2D eigenvalue weighted by molar-refractivity contribution is 7.80. The van der Waals surface area contributed by atoms with Crippen molar-refractivity contribution in [3.05, 3.63) is 59.9 Å². The molecule has 21 heavy (non-hydrogen) atoms. The highest BCUT2D eigenvalue weighted by atomic mass is 32.1. The number of amides is 2. The van der Waals surface area contributed by atoms with Crippen LogP contribution in [0.2, 0.25) is 0 Å². The molecule has 108 valence electrons. The van der Waals surface area contributed by atoms with Gasteiger partial charge in [0.1, 0.15) is 5.69 Å². The summed E-state index contributed by atoms with van der Waals surface area (Å²) in [5.74, 6) is -0.480. The maximum absolute atomic E-state index is 11.9. The molecule has 2 rings (SSSR count). The first-order valence-corrected chi connectivity index (χ1v) is 6.88. The fourth-order valence-corrected chi connectivity index (χ4v) is 1.96. The first-order chi connectivity index (χ1) is 10.2. The SMILES string of the molecule is O=C(NCCNC(=O)c1ccccc1S)c1ccccn1. The quantitative estimate of drug-likeness (QED) is 0.579. The van der Waals surface area contributed by atoms with E-state index in [4.69, 9.17) is 0 Å². The Balaban J connectivity index is 1.76. The minimum Gasteiger partial charge on any atom is -0.350 e. The summed E-state index contributed by atoms with van der Waals surface area (Å²) in [7, 11) is 0. The van der Waals surface area contributed by atoms with E-state index in [9.17, 15) is 9.59 Å². The molecule has 2 aromatic rings. The van der Waals surface area contributed by atoms with E-state index in [1.165, 1.54) is 0 Å². The molecule has 0 aliphatic rings. The van der Waals surface area contributed by atoms with Crippen LogP contribution in [0, 0.1) is 0 Å². The molecule has 2 N–H and O–H groups in total. The van der Waals surface area contributed by atoms with Crippen LogP contribution in [-0.2, 0) is 0 Å². The van der Waals surface area contributed by atoms with E-state index in [0.29, 0.717) is 29.2 Å². The molecule has 0 atom stereocenters. The number of rotatable bonds is 5. The van der Waals surface area contributed by atoms with Gasteiger partial charge in [-0.1, -0.05) is 18.2 Å². The average molecular weight is 301 g/mol. The minimum absolute atomic E-state index is 0.215. The Morgan fingerprint density at radius 2 is 1.62 bits per heavy atom. The second-order valence-electron chi connectivity index (χ2n) is 4.24. The molecule has 0 saturated heterocycles. The predicted octanol–water partition coefficient (Wildman–Crippen LogP) is 1.53. The normalized spacial score (nSPS) is 9.95. The number of benzene rings is 1. The lowest BCUT2D eigenvalue weighted by Crippen LogP contribution is -2.35. The Bertz CT molecular complexity index is 632. The molecule has 0 aliphatic carbocycles. The Labute approximate surface area is 128 Å². The largest absolute Gasteiger partial charge is 0.350 e. The molecule has 1 aromatic heterocycles. The van der Waals surface area contributed by atoms with E-state index in [2.05, 4.69) is 28.2 Å². The fourth-order valence-electron chi connectivity index (χ4n) is 1.70. The summed E-state index contributed by atoms with van der Waals surface area (Å²) in [6, 6.07) is 12.2. The summed E-state index contributed by atoms with van der Waals surface area (Å²) >= 11 is 4.22. The fraction of sp³-hybridized carbons (Fsp3) is 0.133. The van der Waals surface area contributed by atoms with E-state index < -0.39 is 0 Å². The van der Waals surface area contributed by atoms with Crippen molar-refractivity contribution in [3.63, 3.8) is 0 Å². The van der Waals surface area contributed by atoms with E-state index >= 15 is 0 Å². The topological polar surface area (TPSA) is 71.1 Å². The Kier molecular flexibility index (Phi) is 5.34. The molecule has 1 aromatic carbocycles. The molecule has 0 bridgehead atoms. The molecule has 0 unspecified atom stereocenters. The Morgan fingerprint density at radius 1 is 0.952 bits per heavy atom. The Hall–Kier alpha value is -2.34. The molecule has 2 amide bonds. The summed E-state index contributed by atoms with van der Waals surface area (Å²) in [4.78, 5) is 28.2. The first kappa shape index (κ1) is 15.1. The summed E-state index contributed by atoms with van der Waals surface area (Å²) < 4.78 is 0. The van der Waals surface area contributed by atoms with Gasteiger partial charge in [0.05, 0.1) is 5.56 Å². The number of hydrogen-bond acceptors (Lipinski definition) is 4. The van der Waals surface area contributed by atoms with Crippen LogP contribution in [0.1, 0.15) is 20.8 Å². The maximum Gasteiger partial charge on any atom is 0.269 e. The lowest BCUT2D eigenvalue weighted by Gasteiger charge is -2.08. The van der Waals surface area contributed by atoms with Crippen LogP contribution in [0.5, 0.6) is 0 Å². The first-order valence-electron chi connectivity index (χ1n) is 6.44. The van der Waals surface area contributed by atoms with Gasteiger partial charge in [0.15, 0.2) is 0 Å². The van der Waals surface area contributed by atoms with Crippen molar-refractivity contribution in [2.75, 3.05) is 13.1 Å². The van der Waals surface area contributed by atoms with Crippen LogP contribution in [0.25, 0.3) is 0 Å². The van der Waals surface area contributed by atoms with Crippen molar-refractivity contribution in [1.29, 1.82) is 0 Å². The number of aromatic nitrogens is 1. The number of hydrogen-bond donors (Lipinski definition) is 3. The molecular weight excluding hydrogens is 286 g/mol. The number of thiol groups is 1. The molecule has 6 heteroatoms. The molecule has 1 heterocycles. The second kappa shape index (κ2) is 7.44. The van der Waals surface area contributed by atoms with Crippen LogP contribution in [0.15, 0.2) is 53.6 Å². The van der Waals surface area contributed by atoms with Crippen LogP contribution >= 0.6 is 12.6 Å². The van der Waals surface area contributed by atoms with Gasteiger partial charge in [-0.05, 0) is 24.3 Å². The molecule has 0 spiro atoms. The standard InChI is InChI=1S/C15H15N3O2S/c19-14(11-5-1-2-7-13(11)21)17-9-10-18-15(20)12-6-3-4-8-16-12/h1-8,21H,9-10H2,(H,17,19)(H,18,20). The van der Waals surface area contributed by atoms with Gasteiger partial charge in [-0.3, -0.25) is 14.6 Å². The van der Waals surface area contributed by atoms with E-state index in [1.807, 2.05) is 6.07 Å². The van der Waals surface area contributed by atoms with Gasteiger partial charge < -0.3 is 10.6 Å². The van der Waals surface area contributed by atoms with Crippen molar-refractivity contribution in [1.82, 2.24) is 15.6 Å². The van der Waals surface area contributed by atoms with E-state index in [0.717, 1.165) is 0 Å². The lowest BCUT2D eigenvalue weighted by atomic mass is 10.2. The van der Waals surface area contributed by atoms with Crippen molar-refractivity contribution in [2.45, 2.75) is 4.90 Å². The van der Waals surface area contributed by atoms with E-state index in [-0.39, 0.29) is 11.8 Å². The second-order valence-corrected chi connectivity index (χ2v) is 4.73. The highest BCUT2D eigenvalue weighted by Gasteiger charge is 2.08. The highest BCUT2D eigenvalue weighted by Crippen LogP contribution is 2.12. The molecule has 0 fully saturated rings. The maximum atomic E-state index is 11.9. The van der Waals surface area contributed by atoms with Gasteiger partial charge in [0.2, 0.25) is 0 Å². The van der Waals surface area contributed by atoms with Gasteiger partial charge in [0.25, 0.3) is 11.8 Å². The predicted molar refractivity (Wildman–Crippen MR) is 82.6 cm³/mol. The van der Waals surface area contributed by atoms with Crippen molar-refractivity contribution in [3.8, 4) is 0 Å². The number of carbonyl (C=O) groups is 2. The molecule has 0 radical (unpaired) electrons. The molecule has 0 saturated carbocycles. The summed E-state index contributed by atoms with van der Waals surface area (Å²) in [5.41, 5.74) is 0.862. The van der Waals surface area contributed by atoms with Gasteiger partial charge in [-0.15, -0.1) is 12.6 Å². The van der Waals surface area contributed by atoms with Crippen molar-refractivity contribution >= 4 is 24.4 Å². The van der Waals surface area contributed by atoms with Crippen LogP contribution < -0.4 is 10.6 Å². The van der Waals surface area contributed by atoms with Gasteiger partial charge >= 0.3 is 0 Å². The number of nitrogens with one attached hydrogen (secondary N) is 2. The summed E-state index contributed by atoms with van der Waals surface area (Å²) in [5, 5.41) is 5.41. The molecule has 0 aliphatic heterocycles. The molecule has 5 nitrogen and oxygen atoms in total. The van der Waals surface area contributed by atoms with Crippen LogP contribution in [0.3, 0.4) is 0 Å². The Morgan fingerprint density at radius 3 is 2.29 bits per heavy atom. The zero-order valence-electron chi connectivity index (χ0n) is 11.2. The van der Waals surface area contributed by atoms with Crippen LogP contribution in [0.4, 0.5) is 0 Å². The average Bonchev–Trinajstić information content (AvgIpc) is 2.52. The number of pyridine rings is 1. The van der Waals surface area contributed by atoms with Gasteiger partial charge in [0, 0.05) is 24.2 Å². The van der Waals surface area contributed by atoms with Crippen LogP contribution in [-0.4, -0.2) is 29.9 Å². The number of nitrogens with zero attached hydrogens (tertiary/aromatic N) is 1. The third-order valence-electron chi connectivity index (χ3n) is 2.74. The smallest absolute Gasteiger partial charge is 0.269 e. The zero-order valence-corrected chi connectivity index (χ0v) is 12.1. The monoisotopic (exact) mass is 301 g/mol. The van der Waals surface area contributed by atoms with E-state index in [1.54, 1.807) is 42.6 Å². The van der Waals surface area contributed by atoms with Gasteiger partial charge in [-0.25, -0.2) is 0 Å².